The third-order valence-corrected chi connectivity index (χ3v) is 2.71. The van der Waals surface area contributed by atoms with Gasteiger partial charge < -0.3 is 10.4 Å². The molecule has 19 heavy (non-hydrogen) atoms. The summed E-state index contributed by atoms with van der Waals surface area (Å²) in [6.45, 7) is 3.89. The smallest absolute Gasteiger partial charge is 0.253 e. The number of phenolic OH excluding ortho intramolecular Hbond substituents is 1. The molecule has 0 aliphatic rings. The predicted molar refractivity (Wildman–Crippen MR) is 70.8 cm³/mol. The lowest BCUT2D eigenvalue weighted by Crippen LogP contribution is -2.24. The number of rotatable bonds is 3. The number of amides is 1. The Labute approximate surface area is 111 Å². The van der Waals surface area contributed by atoms with E-state index >= 15 is 0 Å². The summed E-state index contributed by atoms with van der Waals surface area (Å²) in [4.78, 5) is 12.0. The zero-order valence-electron chi connectivity index (χ0n) is 10.8. The molecule has 0 atom stereocenters. The van der Waals surface area contributed by atoms with E-state index < -0.39 is 0 Å². The van der Waals surface area contributed by atoms with Gasteiger partial charge >= 0.3 is 0 Å². The van der Waals surface area contributed by atoms with Gasteiger partial charge in [0.1, 0.15) is 5.75 Å². The van der Waals surface area contributed by atoms with Gasteiger partial charge in [-0.15, -0.1) is 0 Å². The third-order valence-electron chi connectivity index (χ3n) is 2.71. The largest absolute Gasteiger partial charge is 0.508 e. The molecular formula is C14H15N3O2. The van der Waals surface area contributed by atoms with Gasteiger partial charge in [-0.3, -0.25) is 4.79 Å². The minimum Gasteiger partial charge on any atom is -0.508 e. The number of aromatic hydroxyl groups is 1. The molecule has 0 fully saturated rings. The fourth-order valence-corrected chi connectivity index (χ4v) is 1.72. The predicted octanol–water partition coefficient (Wildman–Crippen LogP) is 1.73. The minimum absolute atomic E-state index is 0.185. The van der Waals surface area contributed by atoms with Gasteiger partial charge in [-0.1, -0.05) is 12.1 Å². The Bertz CT molecular complexity index is 611. The first kappa shape index (κ1) is 13.0. The van der Waals surface area contributed by atoms with Crippen LogP contribution in [0.15, 0.2) is 30.3 Å². The molecule has 5 heteroatoms. The highest BCUT2D eigenvalue weighted by molar-refractivity contribution is 5.95. The molecule has 0 unspecified atom stereocenters. The third kappa shape index (κ3) is 3.28. The SMILES string of the molecule is Cc1cc(C(=O)NCc2cccc(O)c2)c(C)nn1. The van der Waals surface area contributed by atoms with Gasteiger partial charge in [-0.25, -0.2) is 0 Å². The first-order valence-electron chi connectivity index (χ1n) is 5.93. The van der Waals surface area contributed by atoms with Gasteiger partial charge in [-0.05, 0) is 37.6 Å². The highest BCUT2D eigenvalue weighted by atomic mass is 16.3. The van der Waals surface area contributed by atoms with Crippen molar-refractivity contribution >= 4 is 5.91 Å². The van der Waals surface area contributed by atoms with E-state index in [1.807, 2.05) is 6.07 Å². The Morgan fingerprint density at radius 2 is 2.05 bits per heavy atom. The maximum absolute atomic E-state index is 12.0. The molecule has 2 aromatic rings. The Kier molecular flexibility index (Phi) is 3.75. The van der Waals surface area contributed by atoms with Crippen LogP contribution in [0.1, 0.15) is 27.3 Å². The van der Waals surface area contributed by atoms with Gasteiger partial charge in [0.2, 0.25) is 0 Å². The van der Waals surface area contributed by atoms with Crippen molar-refractivity contribution in [3.63, 3.8) is 0 Å². The molecule has 0 radical (unpaired) electrons. The van der Waals surface area contributed by atoms with Crippen molar-refractivity contribution in [1.82, 2.24) is 15.5 Å². The summed E-state index contributed by atoms with van der Waals surface area (Å²) in [5, 5.41) is 19.9. The van der Waals surface area contributed by atoms with Gasteiger partial charge in [0.15, 0.2) is 0 Å². The number of hydrogen-bond donors (Lipinski definition) is 2. The van der Waals surface area contributed by atoms with Crippen LogP contribution in [0, 0.1) is 13.8 Å². The quantitative estimate of drug-likeness (QED) is 0.878. The molecule has 0 bridgehead atoms. The van der Waals surface area contributed by atoms with Crippen LogP contribution in [0.3, 0.4) is 0 Å². The second-order valence-electron chi connectivity index (χ2n) is 4.34. The van der Waals surface area contributed by atoms with E-state index in [1.165, 1.54) is 0 Å². The molecule has 1 aromatic carbocycles. The molecule has 5 nitrogen and oxygen atoms in total. The van der Waals surface area contributed by atoms with Gasteiger partial charge in [0.05, 0.1) is 17.0 Å². The Balaban J connectivity index is 2.07. The highest BCUT2D eigenvalue weighted by Crippen LogP contribution is 2.11. The normalized spacial score (nSPS) is 10.2. The van der Waals surface area contributed by atoms with E-state index in [-0.39, 0.29) is 11.7 Å². The molecule has 0 aliphatic heterocycles. The number of hydrogen-bond acceptors (Lipinski definition) is 4. The minimum atomic E-state index is -0.196. The summed E-state index contributed by atoms with van der Waals surface area (Å²) >= 11 is 0. The second-order valence-corrected chi connectivity index (χ2v) is 4.34. The fraction of sp³-hybridized carbons (Fsp3) is 0.214. The number of benzene rings is 1. The van der Waals surface area contributed by atoms with Crippen LogP contribution in [-0.2, 0) is 6.54 Å². The highest BCUT2D eigenvalue weighted by Gasteiger charge is 2.10. The second kappa shape index (κ2) is 5.48. The van der Waals surface area contributed by atoms with Crippen LogP contribution in [-0.4, -0.2) is 21.2 Å². The van der Waals surface area contributed by atoms with E-state index in [4.69, 9.17) is 0 Å². The first-order chi connectivity index (χ1) is 9.06. The van der Waals surface area contributed by atoms with E-state index in [0.29, 0.717) is 23.5 Å². The van der Waals surface area contributed by atoms with Gasteiger partial charge in [0.25, 0.3) is 5.91 Å². The first-order valence-corrected chi connectivity index (χ1v) is 5.93. The topological polar surface area (TPSA) is 75.1 Å². The maximum Gasteiger partial charge on any atom is 0.253 e. The maximum atomic E-state index is 12.0. The molecule has 1 amide bonds. The van der Waals surface area contributed by atoms with Crippen molar-refractivity contribution in [2.45, 2.75) is 20.4 Å². The molecule has 0 aliphatic carbocycles. The zero-order chi connectivity index (χ0) is 13.8. The Hall–Kier alpha value is -2.43. The lowest BCUT2D eigenvalue weighted by Gasteiger charge is -2.07. The summed E-state index contributed by atoms with van der Waals surface area (Å²) in [6, 6.07) is 8.48. The van der Waals surface area contributed by atoms with Crippen molar-refractivity contribution in [3.05, 3.63) is 52.8 Å². The molecule has 1 heterocycles. The summed E-state index contributed by atoms with van der Waals surface area (Å²) < 4.78 is 0. The molecule has 1 aromatic heterocycles. The van der Waals surface area contributed by atoms with Crippen LogP contribution in [0.5, 0.6) is 5.75 Å². The summed E-state index contributed by atoms with van der Waals surface area (Å²) in [7, 11) is 0. The molecule has 2 rings (SSSR count). The van der Waals surface area contributed by atoms with Crippen LogP contribution in [0.25, 0.3) is 0 Å². The fourth-order valence-electron chi connectivity index (χ4n) is 1.72. The zero-order valence-corrected chi connectivity index (χ0v) is 10.8. The lowest BCUT2D eigenvalue weighted by molar-refractivity contribution is 0.0949. The van der Waals surface area contributed by atoms with E-state index in [9.17, 15) is 9.90 Å². The van der Waals surface area contributed by atoms with Crippen molar-refractivity contribution < 1.29 is 9.90 Å². The van der Waals surface area contributed by atoms with E-state index in [0.717, 1.165) is 5.56 Å². The molecule has 0 saturated carbocycles. The van der Waals surface area contributed by atoms with Crippen LogP contribution >= 0.6 is 0 Å². The van der Waals surface area contributed by atoms with E-state index in [1.54, 1.807) is 38.1 Å². The standard InChI is InChI=1S/C14H15N3O2/c1-9-6-13(10(2)17-16-9)14(19)15-8-11-4-3-5-12(18)7-11/h3-7,18H,8H2,1-2H3,(H,15,19). The number of carbonyl (C=O) groups is 1. The average molecular weight is 257 g/mol. The van der Waals surface area contributed by atoms with Crippen molar-refractivity contribution in [2.75, 3.05) is 0 Å². The molecule has 0 saturated heterocycles. The van der Waals surface area contributed by atoms with Crippen LogP contribution in [0.4, 0.5) is 0 Å². The van der Waals surface area contributed by atoms with E-state index in [2.05, 4.69) is 15.5 Å². The number of aromatic nitrogens is 2. The van der Waals surface area contributed by atoms with Crippen molar-refractivity contribution in [2.24, 2.45) is 0 Å². The summed E-state index contributed by atoms with van der Waals surface area (Å²) in [5.74, 6) is -0.0109. The Morgan fingerprint density at radius 1 is 1.26 bits per heavy atom. The van der Waals surface area contributed by atoms with Gasteiger partial charge in [0, 0.05) is 6.54 Å². The molecule has 98 valence electrons. The molecule has 2 N–H and O–H groups in total. The molecular weight excluding hydrogens is 242 g/mol. The van der Waals surface area contributed by atoms with Crippen molar-refractivity contribution in [1.29, 1.82) is 0 Å². The average Bonchev–Trinajstić information content (AvgIpc) is 2.39. The number of aryl methyl sites for hydroxylation is 2. The monoisotopic (exact) mass is 257 g/mol. The van der Waals surface area contributed by atoms with Gasteiger partial charge in [-0.2, -0.15) is 10.2 Å². The number of phenols is 1. The number of nitrogens with one attached hydrogen (secondary N) is 1. The van der Waals surface area contributed by atoms with Crippen molar-refractivity contribution in [3.8, 4) is 5.75 Å². The Morgan fingerprint density at radius 3 is 2.79 bits per heavy atom. The number of nitrogens with zero attached hydrogens (tertiary/aromatic N) is 2. The summed E-state index contributed by atoms with van der Waals surface area (Å²) in [6.07, 6.45) is 0. The molecule has 0 spiro atoms. The number of carbonyl (C=O) groups excluding carboxylic acids is 1. The summed E-state index contributed by atoms with van der Waals surface area (Å²) in [5.41, 5.74) is 2.66. The van der Waals surface area contributed by atoms with Crippen LogP contribution < -0.4 is 5.32 Å². The van der Waals surface area contributed by atoms with Crippen LogP contribution in [0.2, 0.25) is 0 Å². The lowest BCUT2D eigenvalue weighted by atomic mass is 10.1.